The number of hydrogen-bond acceptors (Lipinski definition) is 8. The van der Waals surface area contributed by atoms with Crippen LogP contribution in [0.1, 0.15) is 142 Å². The molecule has 0 aliphatic carbocycles. The third-order valence-corrected chi connectivity index (χ3v) is 9.56. The molecule has 0 radical (unpaired) electrons. The second kappa shape index (κ2) is 39.4. The van der Waals surface area contributed by atoms with Gasteiger partial charge in [0.1, 0.15) is 19.8 Å². The van der Waals surface area contributed by atoms with Crippen molar-refractivity contribution in [2.75, 3.05) is 47.5 Å². The van der Waals surface area contributed by atoms with Crippen LogP contribution in [0.2, 0.25) is 0 Å². The van der Waals surface area contributed by atoms with Crippen molar-refractivity contribution in [2.24, 2.45) is 0 Å². The lowest BCUT2D eigenvalue weighted by Gasteiger charge is -2.28. The molecule has 0 amide bonds. The maximum atomic E-state index is 12.7. The highest BCUT2D eigenvalue weighted by atomic mass is 31.2. The lowest BCUT2D eigenvalue weighted by atomic mass is 10.1. The third-order valence-electron chi connectivity index (χ3n) is 8.60. The van der Waals surface area contributed by atoms with E-state index >= 15 is 0 Å². The van der Waals surface area contributed by atoms with Crippen LogP contribution in [0.25, 0.3) is 0 Å². The van der Waals surface area contributed by atoms with Crippen LogP contribution in [0.4, 0.5) is 0 Å². The lowest BCUT2D eigenvalue weighted by Crippen LogP contribution is -2.37. The van der Waals surface area contributed by atoms with Crippen molar-refractivity contribution in [3.63, 3.8) is 0 Å². The van der Waals surface area contributed by atoms with E-state index in [1.807, 2.05) is 21.1 Å². The van der Waals surface area contributed by atoms with Gasteiger partial charge in [0.2, 0.25) is 0 Å². The van der Waals surface area contributed by atoms with Crippen molar-refractivity contribution >= 4 is 19.8 Å². The Morgan fingerprint density at radius 1 is 0.534 bits per heavy atom. The maximum absolute atomic E-state index is 12.7. The van der Waals surface area contributed by atoms with Crippen LogP contribution >= 0.6 is 7.82 Å². The number of phosphoric ester groups is 1. The number of rotatable bonds is 38. The molecule has 0 bridgehead atoms. The number of hydrogen-bond donors (Lipinski definition) is 0. The number of allylic oxidation sites excluding steroid dienone is 16. The zero-order valence-electron chi connectivity index (χ0n) is 36.9. The van der Waals surface area contributed by atoms with E-state index < -0.39 is 32.5 Å². The first-order chi connectivity index (χ1) is 28.0. The lowest BCUT2D eigenvalue weighted by molar-refractivity contribution is -0.870. The van der Waals surface area contributed by atoms with E-state index in [1.165, 1.54) is 0 Å². The molecule has 10 heteroatoms. The van der Waals surface area contributed by atoms with E-state index in [0.29, 0.717) is 23.9 Å². The first-order valence-corrected chi connectivity index (χ1v) is 23.4. The van der Waals surface area contributed by atoms with Crippen molar-refractivity contribution in [3.8, 4) is 0 Å². The van der Waals surface area contributed by atoms with Crippen LogP contribution in [-0.2, 0) is 32.7 Å². The zero-order valence-corrected chi connectivity index (χ0v) is 37.8. The number of phosphoric acid groups is 1. The van der Waals surface area contributed by atoms with Gasteiger partial charge >= 0.3 is 11.9 Å². The van der Waals surface area contributed by atoms with Crippen LogP contribution in [0.3, 0.4) is 0 Å². The van der Waals surface area contributed by atoms with E-state index in [-0.39, 0.29) is 26.1 Å². The first-order valence-electron chi connectivity index (χ1n) is 21.9. The monoisotopic (exact) mass is 830 g/mol. The standard InChI is InChI=1S/C48H80NO8P/c1-6-8-10-12-14-16-18-20-22-24-26-28-30-32-34-36-38-40-47(50)54-44-46(45-56-58(52,53)55-43-42-49(3,4)5)57-48(51)41-39-37-35-33-31-29-27-25-23-21-19-17-15-13-11-9-7-2/h8-11,14-17,20-23,26-29,46H,6-7,12-13,18-19,24-25,30-45H2,1-5H3/b10-8-,11-9-,16-14-,17-15-,22-20-,23-21-,28-26-,29-27-. The fraction of sp³-hybridized carbons (Fsp3) is 0.625. The summed E-state index contributed by atoms with van der Waals surface area (Å²) in [5.74, 6) is -0.902. The van der Waals surface area contributed by atoms with Crippen molar-refractivity contribution in [1.82, 2.24) is 0 Å². The van der Waals surface area contributed by atoms with Gasteiger partial charge in [-0.15, -0.1) is 0 Å². The normalized spacial score (nSPS) is 14.5. The van der Waals surface area contributed by atoms with Crippen LogP contribution in [0.15, 0.2) is 97.2 Å². The number of unbranched alkanes of at least 4 members (excludes halogenated alkanes) is 8. The first kappa shape index (κ1) is 54.9. The summed E-state index contributed by atoms with van der Waals surface area (Å²) in [5.41, 5.74) is 0. The van der Waals surface area contributed by atoms with Gasteiger partial charge in [-0.05, 0) is 89.9 Å². The molecule has 0 rings (SSSR count). The molecular weight excluding hydrogens is 750 g/mol. The molecule has 2 atom stereocenters. The summed E-state index contributed by atoms with van der Waals surface area (Å²) in [5, 5.41) is 0. The SMILES string of the molecule is CC/C=C\C/C=C\C/C=C\C/C=C\CCCCCCC(=O)OCC(COP(=O)([O-])OCC[N+](C)(C)C)OC(=O)CCCCCC/C=C\C/C=C\C/C=C\C/C=C\CC. The van der Waals surface area contributed by atoms with E-state index in [9.17, 15) is 19.0 Å². The fourth-order valence-corrected chi connectivity index (χ4v) is 5.95. The van der Waals surface area contributed by atoms with Crippen molar-refractivity contribution < 1.29 is 42.1 Å². The Hall–Kier alpha value is -3.07. The van der Waals surface area contributed by atoms with Gasteiger partial charge in [0.05, 0.1) is 27.7 Å². The predicted molar refractivity (Wildman–Crippen MR) is 240 cm³/mol. The Bertz CT molecular complexity index is 1300. The van der Waals surface area contributed by atoms with Crippen LogP contribution in [-0.4, -0.2) is 70.0 Å². The summed E-state index contributed by atoms with van der Waals surface area (Å²) in [6.07, 6.45) is 51.5. The fourth-order valence-electron chi connectivity index (χ4n) is 5.22. The molecule has 0 saturated carbocycles. The van der Waals surface area contributed by atoms with Crippen LogP contribution in [0, 0.1) is 0 Å². The Labute approximate surface area is 353 Å². The topological polar surface area (TPSA) is 111 Å². The largest absolute Gasteiger partial charge is 0.756 e. The van der Waals surface area contributed by atoms with Crippen molar-refractivity contribution in [1.29, 1.82) is 0 Å². The molecule has 0 saturated heterocycles. The highest BCUT2D eigenvalue weighted by Crippen LogP contribution is 2.38. The van der Waals surface area contributed by atoms with Crippen molar-refractivity contribution in [3.05, 3.63) is 97.2 Å². The number of nitrogens with zero attached hydrogens (tertiary/aromatic N) is 1. The average Bonchev–Trinajstić information content (AvgIpc) is 3.17. The van der Waals surface area contributed by atoms with Gasteiger partial charge in [0.15, 0.2) is 6.10 Å². The van der Waals surface area contributed by atoms with Crippen molar-refractivity contribution in [2.45, 2.75) is 148 Å². The van der Waals surface area contributed by atoms with E-state index in [0.717, 1.165) is 103 Å². The minimum absolute atomic E-state index is 0.0462. The highest BCUT2D eigenvalue weighted by molar-refractivity contribution is 7.45. The molecule has 0 aliphatic heterocycles. The van der Waals surface area contributed by atoms with Crippen LogP contribution < -0.4 is 4.89 Å². The molecule has 0 N–H and O–H groups in total. The molecule has 2 unspecified atom stereocenters. The van der Waals surface area contributed by atoms with E-state index in [1.54, 1.807) is 0 Å². The number of carbonyl (C=O) groups is 2. The van der Waals surface area contributed by atoms with E-state index in [4.69, 9.17) is 18.5 Å². The second-order valence-corrected chi connectivity index (χ2v) is 16.7. The minimum Gasteiger partial charge on any atom is -0.756 e. The summed E-state index contributed by atoms with van der Waals surface area (Å²) in [6, 6.07) is 0. The molecule has 0 fully saturated rings. The summed E-state index contributed by atoms with van der Waals surface area (Å²) < 4.78 is 33.8. The number of likely N-dealkylation sites (N-methyl/N-ethyl adjacent to an activating group) is 1. The number of ether oxygens (including phenoxy) is 2. The van der Waals surface area contributed by atoms with Gasteiger partial charge < -0.3 is 27.9 Å². The molecule has 9 nitrogen and oxygen atoms in total. The van der Waals surface area contributed by atoms with Crippen LogP contribution in [0.5, 0.6) is 0 Å². The summed E-state index contributed by atoms with van der Waals surface area (Å²) in [6.45, 7) is 3.91. The molecule has 0 aliphatic rings. The molecule has 0 aromatic rings. The quantitative estimate of drug-likeness (QED) is 0.0199. The highest BCUT2D eigenvalue weighted by Gasteiger charge is 2.21. The third kappa shape index (κ3) is 42.5. The number of esters is 2. The second-order valence-electron chi connectivity index (χ2n) is 15.3. The van der Waals surface area contributed by atoms with Gasteiger partial charge in [-0.3, -0.25) is 14.2 Å². The predicted octanol–water partition coefficient (Wildman–Crippen LogP) is 11.9. The number of carbonyl (C=O) groups excluding carboxylic acids is 2. The average molecular weight is 830 g/mol. The van der Waals surface area contributed by atoms with Gasteiger partial charge in [0, 0.05) is 12.8 Å². The minimum atomic E-state index is -4.65. The molecule has 58 heavy (non-hydrogen) atoms. The molecular formula is C48H80NO8P. The Morgan fingerprint density at radius 3 is 1.36 bits per heavy atom. The molecule has 0 spiro atoms. The maximum Gasteiger partial charge on any atom is 0.306 e. The summed E-state index contributed by atoms with van der Waals surface area (Å²) in [7, 11) is 1.11. The van der Waals surface area contributed by atoms with Gasteiger partial charge in [-0.25, -0.2) is 0 Å². The molecule has 330 valence electrons. The summed E-state index contributed by atoms with van der Waals surface area (Å²) >= 11 is 0. The zero-order chi connectivity index (χ0) is 42.8. The molecule has 0 heterocycles. The summed E-state index contributed by atoms with van der Waals surface area (Å²) in [4.78, 5) is 37.5. The molecule has 0 aromatic carbocycles. The Kier molecular flexibility index (Phi) is 37.3. The van der Waals surface area contributed by atoms with Gasteiger partial charge in [0.25, 0.3) is 7.82 Å². The molecule has 0 aromatic heterocycles. The Balaban J connectivity index is 4.48. The smallest absolute Gasteiger partial charge is 0.306 e. The Morgan fingerprint density at radius 2 is 0.931 bits per heavy atom. The van der Waals surface area contributed by atoms with Gasteiger partial charge in [-0.1, -0.05) is 137 Å². The van der Waals surface area contributed by atoms with E-state index in [2.05, 4.69) is 111 Å². The number of quaternary nitrogens is 1. The van der Waals surface area contributed by atoms with Gasteiger partial charge in [-0.2, -0.15) is 0 Å².